The Morgan fingerprint density at radius 3 is 1.74 bits per heavy atom. The van der Waals surface area contributed by atoms with Crippen LogP contribution in [0.1, 0.15) is 69.9 Å². The number of carbonyl (C=O) groups is 2. The summed E-state index contributed by atoms with van der Waals surface area (Å²) in [6.07, 6.45) is 5.57. The zero-order valence-corrected chi connectivity index (χ0v) is 17.7. The molecule has 4 heteroatoms. The zero-order valence-electron chi connectivity index (χ0n) is 17.7. The number of esters is 2. The molecule has 0 aliphatic heterocycles. The van der Waals surface area contributed by atoms with Crippen LogP contribution in [0.2, 0.25) is 0 Å². The third-order valence-corrected chi connectivity index (χ3v) is 5.79. The Hall–Kier alpha value is -3.40. The highest BCUT2D eigenvalue weighted by atomic mass is 16.6. The highest BCUT2D eigenvalue weighted by Gasteiger charge is 2.26. The van der Waals surface area contributed by atoms with Gasteiger partial charge in [0.15, 0.2) is 11.5 Å². The molecule has 0 heterocycles. The van der Waals surface area contributed by atoms with Crippen LogP contribution in [0.25, 0.3) is 0 Å². The molecular formula is C27H26O4. The lowest BCUT2D eigenvalue weighted by Crippen LogP contribution is -2.16. The lowest BCUT2D eigenvalue weighted by atomic mass is 9.83. The van der Waals surface area contributed by atoms with Gasteiger partial charge in [0.05, 0.1) is 11.1 Å². The summed E-state index contributed by atoms with van der Waals surface area (Å²) in [6.45, 7) is 1.86. The molecule has 0 atom stereocenters. The maximum Gasteiger partial charge on any atom is 0.343 e. The minimum Gasteiger partial charge on any atom is -0.419 e. The van der Waals surface area contributed by atoms with Gasteiger partial charge < -0.3 is 9.47 Å². The first-order valence-electron chi connectivity index (χ1n) is 10.8. The van der Waals surface area contributed by atoms with E-state index in [1.165, 1.54) is 6.42 Å². The summed E-state index contributed by atoms with van der Waals surface area (Å²) in [6, 6.07) is 21.7. The maximum absolute atomic E-state index is 12.9. The summed E-state index contributed by atoms with van der Waals surface area (Å²) in [5, 5.41) is 0. The van der Waals surface area contributed by atoms with Gasteiger partial charge in [-0.25, -0.2) is 9.59 Å². The molecule has 3 aromatic carbocycles. The molecule has 0 saturated heterocycles. The summed E-state index contributed by atoms with van der Waals surface area (Å²) in [7, 11) is 0. The molecule has 158 valence electrons. The van der Waals surface area contributed by atoms with Gasteiger partial charge in [0, 0.05) is 5.56 Å². The summed E-state index contributed by atoms with van der Waals surface area (Å²) in [5.41, 5.74) is 2.59. The molecule has 1 aliphatic carbocycles. The van der Waals surface area contributed by atoms with Gasteiger partial charge in [0.2, 0.25) is 0 Å². The number of hydrogen-bond acceptors (Lipinski definition) is 4. The van der Waals surface area contributed by atoms with Gasteiger partial charge in [0.25, 0.3) is 0 Å². The second-order valence-electron chi connectivity index (χ2n) is 7.98. The Labute approximate surface area is 182 Å². The summed E-state index contributed by atoms with van der Waals surface area (Å²) in [5.74, 6) is 0.0371. The lowest BCUT2D eigenvalue weighted by Gasteiger charge is -2.25. The molecule has 1 aliphatic rings. The second-order valence-corrected chi connectivity index (χ2v) is 7.98. The van der Waals surface area contributed by atoms with E-state index in [1.54, 1.807) is 48.5 Å². The third kappa shape index (κ3) is 4.85. The molecule has 3 aromatic rings. The number of aryl methyl sites for hydroxylation is 1. The van der Waals surface area contributed by atoms with Crippen molar-refractivity contribution in [2.45, 2.75) is 44.9 Å². The van der Waals surface area contributed by atoms with E-state index >= 15 is 0 Å². The summed E-state index contributed by atoms with van der Waals surface area (Å²) >= 11 is 0. The molecule has 1 fully saturated rings. The van der Waals surface area contributed by atoms with Crippen LogP contribution in [0.5, 0.6) is 11.5 Å². The second kappa shape index (κ2) is 9.61. The zero-order chi connectivity index (χ0) is 21.6. The molecule has 4 nitrogen and oxygen atoms in total. The van der Waals surface area contributed by atoms with Crippen molar-refractivity contribution in [3.63, 3.8) is 0 Å². The average molecular weight is 415 g/mol. The van der Waals surface area contributed by atoms with E-state index in [0.29, 0.717) is 22.6 Å². The molecule has 0 N–H and O–H groups in total. The van der Waals surface area contributed by atoms with Gasteiger partial charge in [-0.2, -0.15) is 0 Å². The Bertz CT molecular complexity index is 1050. The number of carbonyl (C=O) groups excluding carboxylic acids is 2. The van der Waals surface area contributed by atoms with Gasteiger partial charge in [-0.05, 0) is 55.5 Å². The van der Waals surface area contributed by atoms with E-state index in [0.717, 1.165) is 36.8 Å². The lowest BCUT2D eigenvalue weighted by molar-refractivity contribution is 0.0679. The van der Waals surface area contributed by atoms with Gasteiger partial charge in [-0.3, -0.25) is 0 Å². The van der Waals surface area contributed by atoms with Crippen LogP contribution in [-0.2, 0) is 0 Å². The molecule has 4 rings (SSSR count). The van der Waals surface area contributed by atoms with E-state index < -0.39 is 11.9 Å². The van der Waals surface area contributed by atoms with E-state index in [4.69, 9.17) is 9.47 Å². The first-order valence-corrected chi connectivity index (χ1v) is 10.8. The van der Waals surface area contributed by atoms with Crippen molar-refractivity contribution in [2.75, 3.05) is 0 Å². The molecule has 1 saturated carbocycles. The SMILES string of the molecule is Cc1ccc(C2CCCCC2)c(OC(=O)c2ccccc2)c1OC(=O)c1ccccc1. The minimum atomic E-state index is -0.471. The van der Waals surface area contributed by atoms with Crippen LogP contribution in [0.4, 0.5) is 0 Å². The smallest absolute Gasteiger partial charge is 0.343 e. The minimum absolute atomic E-state index is 0.280. The van der Waals surface area contributed by atoms with Crippen molar-refractivity contribution >= 4 is 11.9 Å². The Balaban J connectivity index is 1.73. The van der Waals surface area contributed by atoms with Crippen molar-refractivity contribution in [3.8, 4) is 11.5 Å². The van der Waals surface area contributed by atoms with Crippen LogP contribution in [-0.4, -0.2) is 11.9 Å². The van der Waals surface area contributed by atoms with Crippen molar-refractivity contribution in [1.29, 1.82) is 0 Å². The average Bonchev–Trinajstić information content (AvgIpc) is 2.83. The van der Waals surface area contributed by atoms with E-state index in [2.05, 4.69) is 0 Å². The predicted octanol–water partition coefficient (Wildman–Crippen LogP) is 6.48. The van der Waals surface area contributed by atoms with Crippen molar-refractivity contribution in [3.05, 3.63) is 95.1 Å². The van der Waals surface area contributed by atoms with Crippen LogP contribution < -0.4 is 9.47 Å². The highest BCUT2D eigenvalue weighted by molar-refractivity contribution is 5.93. The van der Waals surface area contributed by atoms with Crippen molar-refractivity contribution < 1.29 is 19.1 Å². The monoisotopic (exact) mass is 414 g/mol. The molecule has 0 unspecified atom stereocenters. The van der Waals surface area contributed by atoms with Crippen LogP contribution in [0.15, 0.2) is 72.8 Å². The van der Waals surface area contributed by atoms with Crippen LogP contribution in [0, 0.1) is 6.92 Å². The highest BCUT2D eigenvalue weighted by Crippen LogP contribution is 2.44. The topological polar surface area (TPSA) is 52.6 Å². The van der Waals surface area contributed by atoms with E-state index in [-0.39, 0.29) is 5.92 Å². The first-order chi connectivity index (χ1) is 15.1. The molecule has 0 aromatic heterocycles. The van der Waals surface area contributed by atoms with Gasteiger partial charge in [0.1, 0.15) is 0 Å². The van der Waals surface area contributed by atoms with Crippen LogP contribution >= 0.6 is 0 Å². The predicted molar refractivity (Wildman–Crippen MR) is 120 cm³/mol. The fourth-order valence-corrected chi connectivity index (χ4v) is 4.10. The Morgan fingerprint density at radius 2 is 1.19 bits per heavy atom. The van der Waals surface area contributed by atoms with Gasteiger partial charge in [-0.1, -0.05) is 67.8 Å². The molecule has 0 spiro atoms. The summed E-state index contributed by atoms with van der Waals surface area (Å²) in [4.78, 5) is 25.7. The third-order valence-electron chi connectivity index (χ3n) is 5.79. The Kier molecular flexibility index (Phi) is 6.46. The van der Waals surface area contributed by atoms with Crippen molar-refractivity contribution in [2.24, 2.45) is 0 Å². The molecule has 0 radical (unpaired) electrons. The standard InChI is InChI=1S/C27H26O4/c1-19-17-18-23(20-11-5-2-6-12-20)25(31-27(29)22-15-9-4-10-16-22)24(19)30-26(28)21-13-7-3-8-14-21/h3-4,7-10,13-18,20H,2,5-6,11-12H2,1H3. The molecular weight excluding hydrogens is 388 g/mol. The number of ether oxygens (including phenoxy) is 2. The Morgan fingerprint density at radius 1 is 0.677 bits per heavy atom. The fourth-order valence-electron chi connectivity index (χ4n) is 4.10. The number of rotatable bonds is 5. The summed E-state index contributed by atoms with van der Waals surface area (Å²) < 4.78 is 11.7. The van der Waals surface area contributed by atoms with Crippen LogP contribution in [0.3, 0.4) is 0 Å². The maximum atomic E-state index is 12.9. The molecule has 31 heavy (non-hydrogen) atoms. The number of hydrogen-bond donors (Lipinski definition) is 0. The van der Waals surface area contributed by atoms with Gasteiger partial charge >= 0.3 is 11.9 Å². The van der Waals surface area contributed by atoms with E-state index in [1.807, 2.05) is 31.2 Å². The normalized spacial score (nSPS) is 14.1. The first kappa shape index (κ1) is 20.9. The largest absolute Gasteiger partial charge is 0.419 e. The quantitative estimate of drug-likeness (QED) is 0.354. The fraction of sp³-hybridized carbons (Fsp3) is 0.259. The molecule has 0 bridgehead atoms. The van der Waals surface area contributed by atoms with Gasteiger partial charge in [-0.15, -0.1) is 0 Å². The van der Waals surface area contributed by atoms with E-state index in [9.17, 15) is 9.59 Å². The number of benzene rings is 3. The molecule has 0 amide bonds. The van der Waals surface area contributed by atoms with Crippen molar-refractivity contribution in [1.82, 2.24) is 0 Å².